The van der Waals surface area contributed by atoms with E-state index in [0.29, 0.717) is 4.90 Å². The molecule has 1 saturated heterocycles. The number of carbonyl (C=O) groups is 3. The Bertz CT molecular complexity index is 1070. The second-order valence-electron chi connectivity index (χ2n) is 6.21. The SMILES string of the molecule is O=C(CN1C(=O)N/C(=C\c2ccc(O)cc2O)C1=O)Nc1ccccc1C(F)(F)F. The Morgan fingerprint density at radius 1 is 1.13 bits per heavy atom. The molecule has 0 bridgehead atoms. The summed E-state index contributed by atoms with van der Waals surface area (Å²) < 4.78 is 39.1. The van der Waals surface area contributed by atoms with Crippen LogP contribution in [-0.2, 0) is 15.8 Å². The number of para-hydroxylation sites is 1. The van der Waals surface area contributed by atoms with E-state index >= 15 is 0 Å². The van der Waals surface area contributed by atoms with Gasteiger partial charge in [-0.05, 0) is 30.3 Å². The summed E-state index contributed by atoms with van der Waals surface area (Å²) >= 11 is 0. The number of carbonyl (C=O) groups excluding carboxylic acids is 3. The van der Waals surface area contributed by atoms with Gasteiger partial charge in [-0.1, -0.05) is 12.1 Å². The summed E-state index contributed by atoms with van der Waals surface area (Å²) in [5, 5.41) is 23.3. The van der Waals surface area contributed by atoms with Crippen LogP contribution in [0.3, 0.4) is 0 Å². The first-order valence-corrected chi connectivity index (χ1v) is 8.39. The molecular weight excluding hydrogens is 407 g/mol. The summed E-state index contributed by atoms with van der Waals surface area (Å²) in [5.74, 6) is -2.49. The normalized spacial score (nSPS) is 15.4. The number of anilines is 1. The van der Waals surface area contributed by atoms with Crippen molar-refractivity contribution in [3.05, 3.63) is 59.3 Å². The summed E-state index contributed by atoms with van der Waals surface area (Å²) in [6.45, 7) is -0.824. The van der Waals surface area contributed by atoms with Gasteiger partial charge in [0.15, 0.2) is 0 Å². The number of nitrogens with one attached hydrogen (secondary N) is 2. The van der Waals surface area contributed by atoms with E-state index < -0.39 is 41.8 Å². The van der Waals surface area contributed by atoms with E-state index in [0.717, 1.165) is 30.3 Å². The van der Waals surface area contributed by atoms with Crippen LogP contribution in [0.2, 0.25) is 0 Å². The Hall–Kier alpha value is -4.02. The highest BCUT2D eigenvalue weighted by atomic mass is 19.4. The number of nitrogens with zero attached hydrogens (tertiary/aromatic N) is 1. The molecule has 1 aliphatic heterocycles. The molecule has 2 aromatic rings. The zero-order valence-electron chi connectivity index (χ0n) is 15.0. The third-order valence-corrected chi connectivity index (χ3v) is 4.08. The van der Waals surface area contributed by atoms with Crippen LogP contribution < -0.4 is 10.6 Å². The average molecular weight is 421 g/mol. The Labute approximate surface area is 167 Å². The van der Waals surface area contributed by atoms with Gasteiger partial charge >= 0.3 is 12.2 Å². The number of phenolic OH excluding ortho intramolecular Hbond substituents is 2. The maximum absolute atomic E-state index is 13.0. The molecule has 0 spiro atoms. The van der Waals surface area contributed by atoms with Crippen LogP contribution in [0.25, 0.3) is 6.08 Å². The number of hydrogen-bond donors (Lipinski definition) is 4. The lowest BCUT2D eigenvalue weighted by atomic mass is 10.1. The number of amides is 4. The molecular formula is C19H14F3N3O5. The quantitative estimate of drug-likeness (QED) is 0.447. The second kappa shape index (κ2) is 7.78. The number of rotatable bonds is 4. The number of urea groups is 1. The molecule has 1 fully saturated rings. The number of halogens is 3. The molecule has 1 heterocycles. The van der Waals surface area contributed by atoms with E-state index in [1.165, 1.54) is 18.2 Å². The van der Waals surface area contributed by atoms with Crippen molar-refractivity contribution in [1.82, 2.24) is 10.2 Å². The smallest absolute Gasteiger partial charge is 0.418 e. The van der Waals surface area contributed by atoms with Gasteiger partial charge in [0.2, 0.25) is 5.91 Å². The van der Waals surface area contributed by atoms with E-state index in [-0.39, 0.29) is 22.8 Å². The van der Waals surface area contributed by atoms with Crippen molar-refractivity contribution in [3.8, 4) is 11.5 Å². The molecule has 0 atom stereocenters. The summed E-state index contributed by atoms with van der Waals surface area (Å²) in [4.78, 5) is 37.1. The maximum Gasteiger partial charge on any atom is 0.418 e. The number of alkyl halides is 3. The van der Waals surface area contributed by atoms with Gasteiger partial charge in [0.05, 0.1) is 11.3 Å². The Morgan fingerprint density at radius 2 is 1.83 bits per heavy atom. The van der Waals surface area contributed by atoms with E-state index in [1.54, 1.807) is 0 Å². The molecule has 0 unspecified atom stereocenters. The largest absolute Gasteiger partial charge is 0.508 e. The Balaban J connectivity index is 1.75. The van der Waals surface area contributed by atoms with Crippen LogP contribution in [-0.4, -0.2) is 39.5 Å². The summed E-state index contributed by atoms with van der Waals surface area (Å²) in [7, 11) is 0. The fourth-order valence-electron chi connectivity index (χ4n) is 2.70. The minimum absolute atomic E-state index is 0.113. The van der Waals surface area contributed by atoms with Crippen molar-refractivity contribution in [2.75, 3.05) is 11.9 Å². The fraction of sp³-hybridized carbons (Fsp3) is 0.105. The molecule has 156 valence electrons. The van der Waals surface area contributed by atoms with E-state index in [9.17, 15) is 37.8 Å². The minimum atomic E-state index is -4.70. The lowest BCUT2D eigenvalue weighted by molar-refractivity contribution is -0.137. The van der Waals surface area contributed by atoms with E-state index in [2.05, 4.69) is 5.32 Å². The zero-order chi connectivity index (χ0) is 22.1. The van der Waals surface area contributed by atoms with Gasteiger partial charge in [-0.3, -0.25) is 9.59 Å². The van der Waals surface area contributed by atoms with E-state index in [4.69, 9.17) is 0 Å². The van der Waals surface area contributed by atoms with Crippen LogP contribution in [0.5, 0.6) is 11.5 Å². The fourth-order valence-corrected chi connectivity index (χ4v) is 2.70. The Kier molecular flexibility index (Phi) is 5.37. The molecule has 4 amide bonds. The predicted molar refractivity (Wildman–Crippen MR) is 98.1 cm³/mol. The molecule has 4 N–H and O–H groups in total. The van der Waals surface area contributed by atoms with Crippen molar-refractivity contribution in [2.24, 2.45) is 0 Å². The van der Waals surface area contributed by atoms with Gasteiger partial charge in [0, 0.05) is 11.6 Å². The van der Waals surface area contributed by atoms with Gasteiger partial charge in [-0.2, -0.15) is 13.2 Å². The third-order valence-electron chi connectivity index (χ3n) is 4.08. The van der Waals surface area contributed by atoms with Crippen LogP contribution in [0, 0.1) is 0 Å². The molecule has 1 aliphatic rings. The molecule has 2 aromatic carbocycles. The summed E-state index contributed by atoms with van der Waals surface area (Å²) in [6.07, 6.45) is -3.57. The first-order chi connectivity index (χ1) is 14.1. The highest BCUT2D eigenvalue weighted by molar-refractivity contribution is 6.16. The molecule has 11 heteroatoms. The molecule has 8 nitrogen and oxygen atoms in total. The first kappa shape index (κ1) is 20.7. The van der Waals surface area contributed by atoms with Crippen LogP contribution >= 0.6 is 0 Å². The van der Waals surface area contributed by atoms with Crippen molar-refractivity contribution in [2.45, 2.75) is 6.18 Å². The number of imide groups is 1. The highest BCUT2D eigenvalue weighted by Crippen LogP contribution is 2.34. The average Bonchev–Trinajstić information content (AvgIpc) is 2.91. The number of phenols is 2. The molecule has 0 radical (unpaired) electrons. The number of benzene rings is 2. The molecule has 0 saturated carbocycles. The standard InChI is InChI=1S/C19H14F3N3O5/c20-19(21,22)12-3-1-2-4-13(12)23-16(28)9-25-17(29)14(24-18(25)30)7-10-5-6-11(26)8-15(10)27/h1-8,26-27H,9H2,(H,23,28)(H,24,30)/b14-7-. The van der Waals surface area contributed by atoms with Gasteiger partial charge in [-0.15, -0.1) is 0 Å². The van der Waals surface area contributed by atoms with Crippen molar-refractivity contribution in [1.29, 1.82) is 0 Å². The predicted octanol–water partition coefficient (Wildman–Crippen LogP) is 2.65. The van der Waals surface area contributed by atoms with Gasteiger partial charge in [0.25, 0.3) is 5.91 Å². The lowest BCUT2D eigenvalue weighted by Gasteiger charge is -2.15. The molecule has 30 heavy (non-hydrogen) atoms. The highest BCUT2D eigenvalue weighted by Gasteiger charge is 2.36. The van der Waals surface area contributed by atoms with Gasteiger partial charge in [0.1, 0.15) is 23.7 Å². The third kappa shape index (κ3) is 4.35. The van der Waals surface area contributed by atoms with Crippen LogP contribution in [0.15, 0.2) is 48.2 Å². The summed E-state index contributed by atoms with van der Waals surface area (Å²) in [5.41, 5.74) is -1.72. The lowest BCUT2D eigenvalue weighted by Crippen LogP contribution is -2.38. The second-order valence-corrected chi connectivity index (χ2v) is 6.21. The topological polar surface area (TPSA) is 119 Å². The van der Waals surface area contributed by atoms with Crippen molar-refractivity contribution in [3.63, 3.8) is 0 Å². The summed E-state index contributed by atoms with van der Waals surface area (Å²) in [6, 6.07) is 6.90. The van der Waals surface area contributed by atoms with Crippen LogP contribution in [0.4, 0.5) is 23.7 Å². The van der Waals surface area contributed by atoms with Crippen LogP contribution in [0.1, 0.15) is 11.1 Å². The zero-order valence-corrected chi connectivity index (χ0v) is 15.0. The number of aromatic hydroxyl groups is 2. The van der Waals surface area contributed by atoms with Gasteiger partial charge in [-0.25, -0.2) is 9.69 Å². The first-order valence-electron chi connectivity index (χ1n) is 8.39. The minimum Gasteiger partial charge on any atom is -0.508 e. The van der Waals surface area contributed by atoms with Crippen molar-refractivity contribution < 1.29 is 37.8 Å². The molecule has 3 rings (SSSR count). The van der Waals surface area contributed by atoms with Crippen molar-refractivity contribution >= 4 is 29.6 Å². The maximum atomic E-state index is 13.0. The number of hydrogen-bond acceptors (Lipinski definition) is 5. The monoisotopic (exact) mass is 421 g/mol. The van der Waals surface area contributed by atoms with Gasteiger partial charge < -0.3 is 20.8 Å². The molecule has 0 aromatic heterocycles. The van der Waals surface area contributed by atoms with E-state index in [1.807, 2.05) is 5.32 Å². The molecule has 0 aliphatic carbocycles. The Morgan fingerprint density at radius 3 is 2.50 bits per heavy atom.